The van der Waals surface area contributed by atoms with Gasteiger partial charge in [0.25, 0.3) is 0 Å². The van der Waals surface area contributed by atoms with Crippen molar-refractivity contribution in [3.8, 4) is 0 Å². The minimum Gasteiger partial charge on any atom is -0.480 e. The maximum Gasteiger partial charge on any atom is 0.323 e. The van der Waals surface area contributed by atoms with Crippen LogP contribution < -0.4 is 5.32 Å². The van der Waals surface area contributed by atoms with Crippen molar-refractivity contribution in [3.05, 3.63) is 0 Å². The standard InChI is InChI=1S/C8H15NO3/c1-8(7(11)12)4-6(2-3-10)5-9-8/h6,9-10H,2-5H2,1H3,(H,11,12). The molecule has 0 saturated carbocycles. The second-order valence-electron chi connectivity index (χ2n) is 3.60. The minimum atomic E-state index is -0.803. The lowest BCUT2D eigenvalue weighted by Crippen LogP contribution is -2.44. The highest BCUT2D eigenvalue weighted by molar-refractivity contribution is 5.78. The third kappa shape index (κ3) is 1.76. The lowest BCUT2D eigenvalue weighted by atomic mass is 9.93. The number of aliphatic hydroxyl groups is 1. The number of hydrogen-bond acceptors (Lipinski definition) is 3. The van der Waals surface area contributed by atoms with E-state index in [0.29, 0.717) is 25.3 Å². The summed E-state index contributed by atoms with van der Waals surface area (Å²) in [5.41, 5.74) is -0.778. The van der Waals surface area contributed by atoms with Gasteiger partial charge < -0.3 is 15.5 Å². The molecule has 1 aliphatic heterocycles. The summed E-state index contributed by atoms with van der Waals surface area (Å²) in [4.78, 5) is 10.7. The molecule has 1 fully saturated rings. The maximum absolute atomic E-state index is 10.7. The largest absolute Gasteiger partial charge is 0.480 e. The normalized spacial score (nSPS) is 35.3. The number of carboxylic acids is 1. The molecule has 0 radical (unpaired) electrons. The number of carboxylic acid groups (broad SMARTS) is 1. The monoisotopic (exact) mass is 173 g/mol. The molecule has 4 heteroatoms. The number of rotatable bonds is 3. The molecule has 1 rings (SSSR count). The fourth-order valence-electron chi connectivity index (χ4n) is 1.64. The van der Waals surface area contributed by atoms with E-state index >= 15 is 0 Å². The van der Waals surface area contributed by atoms with Crippen molar-refractivity contribution in [1.82, 2.24) is 5.32 Å². The first-order valence-corrected chi connectivity index (χ1v) is 4.18. The van der Waals surface area contributed by atoms with Gasteiger partial charge in [-0.05, 0) is 32.2 Å². The molecule has 0 spiro atoms. The first-order valence-electron chi connectivity index (χ1n) is 4.18. The Balaban J connectivity index is 2.49. The quantitative estimate of drug-likeness (QED) is 0.554. The molecule has 12 heavy (non-hydrogen) atoms. The Morgan fingerprint density at radius 2 is 2.42 bits per heavy atom. The zero-order valence-corrected chi connectivity index (χ0v) is 7.21. The van der Waals surface area contributed by atoms with E-state index in [1.165, 1.54) is 0 Å². The molecular weight excluding hydrogens is 158 g/mol. The van der Waals surface area contributed by atoms with Crippen LogP contribution in [-0.2, 0) is 4.79 Å². The van der Waals surface area contributed by atoms with E-state index in [0.717, 1.165) is 0 Å². The fourth-order valence-corrected chi connectivity index (χ4v) is 1.64. The predicted molar refractivity (Wildman–Crippen MR) is 43.9 cm³/mol. The molecular formula is C8H15NO3. The van der Waals surface area contributed by atoms with Gasteiger partial charge in [0.15, 0.2) is 0 Å². The van der Waals surface area contributed by atoms with E-state index in [9.17, 15) is 4.79 Å². The molecule has 2 atom stereocenters. The van der Waals surface area contributed by atoms with Crippen molar-refractivity contribution in [1.29, 1.82) is 0 Å². The molecule has 1 aliphatic rings. The van der Waals surface area contributed by atoms with Crippen molar-refractivity contribution >= 4 is 5.97 Å². The molecule has 0 aliphatic carbocycles. The molecule has 0 aromatic rings. The summed E-state index contributed by atoms with van der Waals surface area (Å²) in [5.74, 6) is -0.501. The SMILES string of the molecule is CC1(C(=O)O)CC(CCO)CN1. The van der Waals surface area contributed by atoms with E-state index < -0.39 is 11.5 Å². The Kier molecular flexibility index (Phi) is 2.69. The van der Waals surface area contributed by atoms with Crippen molar-refractivity contribution in [3.63, 3.8) is 0 Å². The summed E-state index contributed by atoms with van der Waals surface area (Å²) >= 11 is 0. The second kappa shape index (κ2) is 3.41. The summed E-state index contributed by atoms with van der Waals surface area (Å²) in [6, 6.07) is 0. The molecule has 1 heterocycles. The molecule has 0 bridgehead atoms. The predicted octanol–water partition coefficient (Wildman–Crippen LogP) is -0.178. The minimum absolute atomic E-state index is 0.141. The van der Waals surface area contributed by atoms with Crippen LogP contribution in [0.1, 0.15) is 19.8 Å². The number of aliphatic hydroxyl groups excluding tert-OH is 1. The summed E-state index contributed by atoms with van der Waals surface area (Å²) in [6.45, 7) is 2.53. The molecule has 1 saturated heterocycles. The van der Waals surface area contributed by atoms with Crippen molar-refractivity contribution in [2.45, 2.75) is 25.3 Å². The Morgan fingerprint density at radius 3 is 2.83 bits per heavy atom. The Hall–Kier alpha value is -0.610. The average Bonchev–Trinajstić information content (AvgIpc) is 2.34. The highest BCUT2D eigenvalue weighted by atomic mass is 16.4. The van der Waals surface area contributed by atoms with E-state index in [4.69, 9.17) is 10.2 Å². The van der Waals surface area contributed by atoms with Gasteiger partial charge in [-0.15, -0.1) is 0 Å². The van der Waals surface area contributed by atoms with Crippen LogP contribution in [0.15, 0.2) is 0 Å². The molecule has 0 aromatic heterocycles. The topological polar surface area (TPSA) is 69.6 Å². The van der Waals surface area contributed by atoms with Crippen LogP contribution in [-0.4, -0.2) is 34.9 Å². The number of nitrogens with one attached hydrogen (secondary N) is 1. The van der Waals surface area contributed by atoms with Crippen molar-refractivity contribution in [2.75, 3.05) is 13.2 Å². The molecule has 0 amide bonds. The third-order valence-corrected chi connectivity index (χ3v) is 2.49. The number of hydrogen-bond donors (Lipinski definition) is 3. The lowest BCUT2D eigenvalue weighted by Gasteiger charge is -2.17. The van der Waals surface area contributed by atoms with Gasteiger partial charge in [0, 0.05) is 6.61 Å². The Bertz CT molecular complexity index is 183. The van der Waals surface area contributed by atoms with E-state index in [-0.39, 0.29) is 6.61 Å². The van der Waals surface area contributed by atoms with Gasteiger partial charge in [-0.1, -0.05) is 0 Å². The third-order valence-electron chi connectivity index (χ3n) is 2.49. The van der Waals surface area contributed by atoms with Gasteiger partial charge in [0.2, 0.25) is 0 Å². The summed E-state index contributed by atoms with van der Waals surface area (Å²) < 4.78 is 0. The van der Waals surface area contributed by atoms with Gasteiger partial charge in [-0.3, -0.25) is 4.79 Å². The summed E-state index contributed by atoms with van der Waals surface area (Å²) in [6.07, 6.45) is 1.30. The maximum atomic E-state index is 10.7. The Morgan fingerprint density at radius 1 is 1.75 bits per heavy atom. The van der Waals surface area contributed by atoms with Gasteiger partial charge in [-0.25, -0.2) is 0 Å². The van der Waals surface area contributed by atoms with Crippen molar-refractivity contribution in [2.24, 2.45) is 5.92 Å². The van der Waals surface area contributed by atoms with Crippen LogP contribution in [0.2, 0.25) is 0 Å². The van der Waals surface area contributed by atoms with Crippen LogP contribution in [0.5, 0.6) is 0 Å². The van der Waals surface area contributed by atoms with E-state index in [1.807, 2.05) is 0 Å². The smallest absolute Gasteiger partial charge is 0.323 e. The van der Waals surface area contributed by atoms with Gasteiger partial charge in [0.1, 0.15) is 5.54 Å². The van der Waals surface area contributed by atoms with Gasteiger partial charge in [-0.2, -0.15) is 0 Å². The van der Waals surface area contributed by atoms with Crippen LogP contribution in [0.3, 0.4) is 0 Å². The average molecular weight is 173 g/mol. The van der Waals surface area contributed by atoms with Crippen LogP contribution in [0, 0.1) is 5.92 Å². The van der Waals surface area contributed by atoms with Crippen LogP contribution in [0.25, 0.3) is 0 Å². The van der Waals surface area contributed by atoms with Crippen LogP contribution in [0.4, 0.5) is 0 Å². The van der Waals surface area contributed by atoms with Gasteiger partial charge >= 0.3 is 5.97 Å². The fraction of sp³-hybridized carbons (Fsp3) is 0.875. The van der Waals surface area contributed by atoms with E-state index in [1.54, 1.807) is 6.92 Å². The van der Waals surface area contributed by atoms with E-state index in [2.05, 4.69) is 5.32 Å². The molecule has 4 nitrogen and oxygen atoms in total. The molecule has 3 N–H and O–H groups in total. The first-order chi connectivity index (χ1) is 5.58. The second-order valence-corrected chi connectivity index (χ2v) is 3.60. The molecule has 0 aromatic carbocycles. The molecule has 70 valence electrons. The number of aliphatic carboxylic acids is 1. The zero-order chi connectivity index (χ0) is 9.19. The first kappa shape index (κ1) is 9.48. The Labute approximate surface area is 71.6 Å². The highest BCUT2D eigenvalue weighted by Crippen LogP contribution is 2.25. The zero-order valence-electron chi connectivity index (χ0n) is 7.21. The number of carbonyl (C=O) groups is 1. The summed E-state index contributed by atoms with van der Waals surface area (Å²) in [5, 5.41) is 20.5. The van der Waals surface area contributed by atoms with Crippen molar-refractivity contribution < 1.29 is 15.0 Å². The van der Waals surface area contributed by atoms with Gasteiger partial charge in [0.05, 0.1) is 0 Å². The van der Waals surface area contributed by atoms with Crippen LogP contribution >= 0.6 is 0 Å². The molecule has 2 unspecified atom stereocenters. The highest BCUT2D eigenvalue weighted by Gasteiger charge is 2.40. The lowest BCUT2D eigenvalue weighted by molar-refractivity contribution is -0.143. The summed E-state index contributed by atoms with van der Waals surface area (Å²) in [7, 11) is 0.